The van der Waals surface area contributed by atoms with Crippen LogP contribution in [0.3, 0.4) is 0 Å². The Morgan fingerprint density at radius 2 is 1.76 bits per heavy atom. The molecule has 0 unspecified atom stereocenters. The molecule has 0 aromatic heterocycles. The molecule has 2 N–H and O–H groups in total. The third-order valence-corrected chi connectivity index (χ3v) is 8.87. The highest BCUT2D eigenvalue weighted by Gasteiger charge is 2.45. The summed E-state index contributed by atoms with van der Waals surface area (Å²) in [5, 5.41) is 5.87. The average Bonchev–Trinajstić information content (AvgIpc) is 3.15. The number of imide groups is 1. The van der Waals surface area contributed by atoms with Crippen molar-refractivity contribution < 1.29 is 14.4 Å². The maximum absolute atomic E-state index is 12.9. The molecule has 1 saturated carbocycles. The smallest absolute Gasteiger partial charge is 0.255 e. The molecule has 8 nitrogen and oxygen atoms in total. The van der Waals surface area contributed by atoms with Gasteiger partial charge in [0.2, 0.25) is 11.8 Å². The van der Waals surface area contributed by atoms with E-state index in [1.165, 1.54) is 45.3 Å². The van der Waals surface area contributed by atoms with E-state index >= 15 is 0 Å². The lowest BCUT2D eigenvalue weighted by Crippen LogP contribution is -2.52. The van der Waals surface area contributed by atoms with E-state index < -0.39 is 6.04 Å². The van der Waals surface area contributed by atoms with E-state index in [0.29, 0.717) is 23.9 Å². The standard InChI is InChI=1S/C26H35N5O3/c32-23-4-3-22(24(33)28-23)31-17-19-13-20(1-2-21(19)25(31)34)30-11-9-29(10-12-30)16-18-14-26(15-18)5-7-27-8-6-26/h1-2,13,18,22,27H,3-12,14-17H2,(H,28,32,33)/t22-/m0/s1. The zero-order valence-electron chi connectivity index (χ0n) is 19.9. The molecule has 1 aromatic rings. The number of carbonyl (C=O) groups is 3. The molecule has 3 amide bonds. The molecule has 0 bridgehead atoms. The van der Waals surface area contributed by atoms with Crippen molar-refractivity contribution in [2.24, 2.45) is 11.3 Å². The fraction of sp³-hybridized carbons (Fsp3) is 0.654. The van der Waals surface area contributed by atoms with Gasteiger partial charge in [0.15, 0.2) is 0 Å². The first-order chi connectivity index (χ1) is 16.5. The highest BCUT2D eigenvalue weighted by molar-refractivity contribution is 6.05. The Morgan fingerprint density at radius 1 is 1.00 bits per heavy atom. The number of nitrogens with zero attached hydrogens (tertiary/aromatic N) is 3. The summed E-state index contributed by atoms with van der Waals surface area (Å²) < 4.78 is 0. The van der Waals surface area contributed by atoms with Crippen LogP contribution < -0.4 is 15.5 Å². The number of rotatable bonds is 4. The minimum atomic E-state index is -0.555. The predicted octanol–water partition coefficient (Wildman–Crippen LogP) is 1.35. The Labute approximate surface area is 201 Å². The van der Waals surface area contributed by atoms with Gasteiger partial charge >= 0.3 is 0 Å². The summed E-state index contributed by atoms with van der Waals surface area (Å²) in [6.45, 7) is 8.26. The summed E-state index contributed by atoms with van der Waals surface area (Å²) in [4.78, 5) is 43.4. The van der Waals surface area contributed by atoms with Crippen molar-refractivity contribution >= 4 is 23.4 Å². The van der Waals surface area contributed by atoms with Crippen LogP contribution in [0.15, 0.2) is 18.2 Å². The number of anilines is 1. The average molecular weight is 466 g/mol. The lowest BCUT2D eigenvalue weighted by Gasteiger charge is -2.52. The van der Waals surface area contributed by atoms with Crippen LogP contribution in [0.1, 0.15) is 54.4 Å². The molecule has 1 aromatic carbocycles. The highest BCUT2D eigenvalue weighted by atomic mass is 16.2. The number of amides is 3. The van der Waals surface area contributed by atoms with Gasteiger partial charge in [0.05, 0.1) is 0 Å². The number of nitrogens with one attached hydrogen (secondary N) is 2. The number of hydrogen-bond acceptors (Lipinski definition) is 6. The Balaban J connectivity index is 1.03. The Morgan fingerprint density at radius 3 is 2.50 bits per heavy atom. The van der Waals surface area contributed by atoms with Gasteiger partial charge in [-0.2, -0.15) is 0 Å². The van der Waals surface area contributed by atoms with Gasteiger partial charge in [-0.05, 0) is 80.3 Å². The topological polar surface area (TPSA) is 85.0 Å². The number of piperidine rings is 2. The quantitative estimate of drug-likeness (QED) is 0.653. The molecule has 5 aliphatic rings. The van der Waals surface area contributed by atoms with Crippen LogP contribution >= 0.6 is 0 Å². The molecule has 6 rings (SSSR count). The molecule has 3 saturated heterocycles. The highest BCUT2D eigenvalue weighted by Crippen LogP contribution is 2.51. The number of piperazine rings is 1. The molecule has 1 aliphatic carbocycles. The van der Waals surface area contributed by atoms with Gasteiger partial charge in [0.1, 0.15) is 6.04 Å². The predicted molar refractivity (Wildman–Crippen MR) is 128 cm³/mol. The van der Waals surface area contributed by atoms with E-state index in [0.717, 1.165) is 43.3 Å². The Hall–Kier alpha value is -2.45. The van der Waals surface area contributed by atoms with Gasteiger partial charge in [-0.15, -0.1) is 0 Å². The van der Waals surface area contributed by atoms with Gasteiger partial charge in [-0.1, -0.05) is 0 Å². The number of benzene rings is 1. The van der Waals surface area contributed by atoms with E-state index in [9.17, 15) is 14.4 Å². The third-order valence-electron chi connectivity index (χ3n) is 8.87. The maximum Gasteiger partial charge on any atom is 0.255 e. The first-order valence-electron chi connectivity index (χ1n) is 13.0. The molecule has 8 heteroatoms. The van der Waals surface area contributed by atoms with Crippen molar-refractivity contribution in [3.63, 3.8) is 0 Å². The van der Waals surface area contributed by atoms with E-state index in [1.54, 1.807) is 4.90 Å². The summed E-state index contributed by atoms with van der Waals surface area (Å²) >= 11 is 0. The second-order valence-corrected chi connectivity index (χ2v) is 11.1. The van der Waals surface area contributed by atoms with Gasteiger partial charge in [0, 0.05) is 56.9 Å². The molecular formula is C26H35N5O3. The van der Waals surface area contributed by atoms with Crippen molar-refractivity contribution in [1.29, 1.82) is 0 Å². The number of fused-ring (bicyclic) bond motifs is 1. The minimum Gasteiger partial charge on any atom is -0.369 e. The van der Waals surface area contributed by atoms with Crippen LogP contribution in [0.5, 0.6) is 0 Å². The van der Waals surface area contributed by atoms with Gasteiger partial charge < -0.3 is 15.1 Å². The van der Waals surface area contributed by atoms with Crippen LogP contribution in [0.2, 0.25) is 0 Å². The third kappa shape index (κ3) is 4.01. The van der Waals surface area contributed by atoms with E-state index in [-0.39, 0.29) is 24.1 Å². The molecular weight excluding hydrogens is 430 g/mol. The van der Waals surface area contributed by atoms with Crippen molar-refractivity contribution in [1.82, 2.24) is 20.4 Å². The molecule has 4 aliphatic heterocycles. The molecule has 0 radical (unpaired) electrons. The van der Waals surface area contributed by atoms with Crippen molar-refractivity contribution in [3.8, 4) is 0 Å². The van der Waals surface area contributed by atoms with Crippen molar-refractivity contribution in [2.45, 2.75) is 51.1 Å². The molecule has 4 heterocycles. The van der Waals surface area contributed by atoms with Crippen LogP contribution in [-0.2, 0) is 16.1 Å². The SMILES string of the molecule is O=C1CC[C@H](N2Cc3cc(N4CCN(CC5CC6(CCNCC6)C5)CC4)ccc3C2=O)C(=O)N1. The summed E-state index contributed by atoms with van der Waals surface area (Å²) in [6.07, 6.45) is 6.23. The zero-order valence-corrected chi connectivity index (χ0v) is 19.9. The van der Waals surface area contributed by atoms with E-state index in [4.69, 9.17) is 0 Å². The van der Waals surface area contributed by atoms with Crippen LogP contribution in [0.4, 0.5) is 5.69 Å². The van der Waals surface area contributed by atoms with Crippen molar-refractivity contribution in [2.75, 3.05) is 50.7 Å². The molecule has 4 fully saturated rings. The van der Waals surface area contributed by atoms with Gasteiger partial charge in [-0.3, -0.25) is 24.6 Å². The normalized spacial score (nSPS) is 27.6. The second kappa shape index (κ2) is 8.64. The zero-order chi connectivity index (χ0) is 23.3. The van der Waals surface area contributed by atoms with Crippen LogP contribution in [-0.4, -0.2) is 79.4 Å². The summed E-state index contributed by atoms with van der Waals surface area (Å²) in [7, 11) is 0. The summed E-state index contributed by atoms with van der Waals surface area (Å²) in [5.41, 5.74) is 3.48. The second-order valence-electron chi connectivity index (χ2n) is 11.1. The lowest BCUT2D eigenvalue weighted by atomic mass is 9.57. The largest absolute Gasteiger partial charge is 0.369 e. The lowest BCUT2D eigenvalue weighted by molar-refractivity contribution is -0.136. The van der Waals surface area contributed by atoms with Crippen LogP contribution in [0, 0.1) is 11.3 Å². The number of hydrogen-bond donors (Lipinski definition) is 2. The molecule has 182 valence electrons. The van der Waals surface area contributed by atoms with Crippen molar-refractivity contribution in [3.05, 3.63) is 29.3 Å². The van der Waals surface area contributed by atoms with Gasteiger partial charge in [-0.25, -0.2) is 0 Å². The Bertz CT molecular complexity index is 988. The molecule has 1 spiro atoms. The number of carbonyl (C=O) groups excluding carboxylic acids is 3. The monoisotopic (exact) mass is 465 g/mol. The van der Waals surface area contributed by atoms with E-state index in [2.05, 4.69) is 26.5 Å². The first kappa shape index (κ1) is 22.0. The summed E-state index contributed by atoms with van der Waals surface area (Å²) in [5.74, 6) is 0.156. The fourth-order valence-electron chi connectivity index (χ4n) is 6.97. The molecule has 34 heavy (non-hydrogen) atoms. The minimum absolute atomic E-state index is 0.104. The molecule has 1 atom stereocenters. The van der Waals surface area contributed by atoms with Crippen LogP contribution in [0.25, 0.3) is 0 Å². The Kier molecular flexibility index (Phi) is 5.60. The first-order valence-corrected chi connectivity index (χ1v) is 13.0. The van der Waals surface area contributed by atoms with E-state index in [1.807, 2.05) is 12.1 Å². The fourth-order valence-corrected chi connectivity index (χ4v) is 6.97. The summed E-state index contributed by atoms with van der Waals surface area (Å²) in [6, 6.07) is 5.53. The van der Waals surface area contributed by atoms with Gasteiger partial charge in [0.25, 0.3) is 5.91 Å². The maximum atomic E-state index is 12.9.